The standard InChI is InChI=1S/C14H15N5O2/c1-2-12-16-14(21-19-12)8-15-13(20)7-11-9-5-3-4-6-10(9)17-18-11/h3-6H,2,7-8H2,1H3,(H,15,20)(H,17,18). The zero-order valence-electron chi connectivity index (χ0n) is 11.6. The number of aryl methyl sites for hydroxylation is 1. The van der Waals surface area contributed by atoms with Crippen molar-refractivity contribution in [3.63, 3.8) is 0 Å². The van der Waals surface area contributed by atoms with Crippen molar-refractivity contribution in [2.24, 2.45) is 0 Å². The van der Waals surface area contributed by atoms with Crippen LogP contribution in [0.15, 0.2) is 28.8 Å². The van der Waals surface area contributed by atoms with Gasteiger partial charge in [-0.2, -0.15) is 10.1 Å². The van der Waals surface area contributed by atoms with Gasteiger partial charge in [-0.1, -0.05) is 30.3 Å². The van der Waals surface area contributed by atoms with Gasteiger partial charge < -0.3 is 9.84 Å². The number of carbonyl (C=O) groups is 1. The van der Waals surface area contributed by atoms with Gasteiger partial charge in [-0.25, -0.2) is 0 Å². The summed E-state index contributed by atoms with van der Waals surface area (Å²) >= 11 is 0. The van der Waals surface area contributed by atoms with Crippen molar-refractivity contribution in [2.45, 2.75) is 26.3 Å². The minimum atomic E-state index is -0.124. The van der Waals surface area contributed by atoms with Crippen LogP contribution in [0.25, 0.3) is 10.9 Å². The number of para-hydroxylation sites is 1. The molecule has 2 N–H and O–H groups in total. The van der Waals surface area contributed by atoms with Crippen LogP contribution in [-0.4, -0.2) is 26.2 Å². The predicted octanol–water partition coefficient (Wildman–Crippen LogP) is 1.37. The lowest BCUT2D eigenvalue weighted by Crippen LogP contribution is -2.25. The molecule has 0 saturated carbocycles. The predicted molar refractivity (Wildman–Crippen MR) is 75.3 cm³/mol. The van der Waals surface area contributed by atoms with E-state index in [0.717, 1.165) is 16.6 Å². The molecule has 0 aliphatic heterocycles. The first-order chi connectivity index (χ1) is 10.3. The van der Waals surface area contributed by atoms with E-state index < -0.39 is 0 Å². The number of amides is 1. The number of hydrogen-bond donors (Lipinski definition) is 2. The SMILES string of the molecule is CCc1noc(CNC(=O)Cc2[nH]nc3ccccc23)n1. The summed E-state index contributed by atoms with van der Waals surface area (Å²) < 4.78 is 5.02. The van der Waals surface area contributed by atoms with Gasteiger partial charge in [0, 0.05) is 11.8 Å². The monoisotopic (exact) mass is 285 g/mol. The van der Waals surface area contributed by atoms with Crippen LogP contribution in [0.4, 0.5) is 0 Å². The van der Waals surface area contributed by atoms with Gasteiger partial charge in [-0.3, -0.25) is 9.89 Å². The normalized spacial score (nSPS) is 10.9. The summed E-state index contributed by atoms with van der Waals surface area (Å²) in [5.74, 6) is 0.925. The van der Waals surface area contributed by atoms with Crippen molar-refractivity contribution in [3.05, 3.63) is 41.7 Å². The first kappa shape index (κ1) is 13.3. The molecule has 3 aromatic rings. The lowest BCUT2D eigenvalue weighted by Gasteiger charge is -2.01. The number of H-pyrrole nitrogens is 1. The van der Waals surface area contributed by atoms with Gasteiger partial charge >= 0.3 is 0 Å². The number of rotatable bonds is 5. The highest BCUT2D eigenvalue weighted by atomic mass is 16.5. The molecule has 21 heavy (non-hydrogen) atoms. The van der Waals surface area contributed by atoms with Gasteiger partial charge in [0.15, 0.2) is 5.82 Å². The molecule has 3 rings (SSSR count). The largest absolute Gasteiger partial charge is 0.347 e. The van der Waals surface area contributed by atoms with Gasteiger partial charge in [0.25, 0.3) is 0 Å². The Morgan fingerprint density at radius 3 is 3.05 bits per heavy atom. The first-order valence-electron chi connectivity index (χ1n) is 6.76. The topological polar surface area (TPSA) is 96.7 Å². The molecule has 0 fully saturated rings. The van der Waals surface area contributed by atoms with Gasteiger partial charge in [0.1, 0.15) is 0 Å². The van der Waals surface area contributed by atoms with Crippen LogP contribution in [0.1, 0.15) is 24.3 Å². The highest BCUT2D eigenvalue weighted by Crippen LogP contribution is 2.15. The lowest BCUT2D eigenvalue weighted by molar-refractivity contribution is -0.120. The third-order valence-electron chi connectivity index (χ3n) is 3.14. The van der Waals surface area contributed by atoms with E-state index in [-0.39, 0.29) is 18.9 Å². The Balaban J connectivity index is 1.61. The van der Waals surface area contributed by atoms with Crippen LogP contribution in [0, 0.1) is 0 Å². The highest BCUT2D eigenvalue weighted by Gasteiger charge is 2.11. The smallest absolute Gasteiger partial charge is 0.246 e. The Morgan fingerprint density at radius 1 is 1.38 bits per heavy atom. The number of carbonyl (C=O) groups excluding carboxylic acids is 1. The Labute approximate surface area is 120 Å². The summed E-state index contributed by atoms with van der Waals surface area (Å²) in [7, 11) is 0. The number of benzene rings is 1. The summed E-state index contributed by atoms with van der Waals surface area (Å²) in [6.45, 7) is 2.18. The number of hydrogen-bond acceptors (Lipinski definition) is 5. The Kier molecular flexibility index (Phi) is 3.63. The number of fused-ring (bicyclic) bond motifs is 1. The van der Waals surface area contributed by atoms with Crippen LogP contribution in [0.5, 0.6) is 0 Å². The van der Waals surface area contributed by atoms with Crippen LogP contribution in [0.3, 0.4) is 0 Å². The number of aromatic nitrogens is 4. The molecule has 1 amide bonds. The van der Waals surface area contributed by atoms with Crippen molar-refractivity contribution < 1.29 is 9.32 Å². The maximum Gasteiger partial charge on any atom is 0.246 e. The maximum atomic E-state index is 12.0. The molecule has 0 aliphatic rings. The van der Waals surface area contributed by atoms with Crippen molar-refractivity contribution in [1.29, 1.82) is 0 Å². The number of nitrogens with one attached hydrogen (secondary N) is 2. The Bertz CT molecular complexity index is 761. The summed E-state index contributed by atoms with van der Waals surface area (Å²) in [6, 6.07) is 7.67. The first-order valence-corrected chi connectivity index (χ1v) is 6.76. The van der Waals surface area contributed by atoms with E-state index in [1.807, 2.05) is 31.2 Å². The molecule has 108 valence electrons. The second kappa shape index (κ2) is 5.74. The lowest BCUT2D eigenvalue weighted by atomic mass is 10.1. The summed E-state index contributed by atoms with van der Waals surface area (Å²) in [5.41, 5.74) is 1.65. The molecular formula is C14H15N5O2. The molecule has 0 spiro atoms. The molecule has 0 radical (unpaired) electrons. The molecule has 2 heterocycles. The third-order valence-corrected chi connectivity index (χ3v) is 3.14. The van der Waals surface area contributed by atoms with E-state index in [0.29, 0.717) is 18.1 Å². The average molecular weight is 285 g/mol. The average Bonchev–Trinajstić information content (AvgIpc) is 3.12. The summed E-state index contributed by atoms with van der Waals surface area (Å²) in [6.07, 6.45) is 0.937. The zero-order chi connectivity index (χ0) is 14.7. The Morgan fingerprint density at radius 2 is 2.24 bits per heavy atom. The molecule has 2 aromatic heterocycles. The molecule has 7 nitrogen and oxygen atoms in total. The van der Waals surface area contributed by atoms with Gasteiger partial charge in [0.2, 0.25) is 11.8 Å². The molecule has 0 saturated heterocycles. The molecule has 0 unspecified atom stereocenters. The van der Waals surface area contributed by atoms with Crippen LogP contribution in [0.2, 0.25) is 0 Å². The minimum Gasteiger partial charge on any atom is -0.347 e. The van der Waals surface area contributed by atoms with Crippen molar-refractivity contribution in [3.8, 4) is 0 Å². The molecular weight excluding hydrogens is 270 g/mol. The van der Waals surface area contributed by atoms with Crippen LogP contribution >= 0.6 is 0 Å². The Hall–Kier alpha value is -2.70. The molecule has 0 atom stereocenters. The van der Waals surface area contributed by atoms with Gasteiger partial charge in [-0.05, 0) is 6.07 Å². The van der Waals surface area contributed by atoms with Crippen molar-refractivity contribution in [2.75, 3.05) is 0 Å². The van der Waals surface area contributed by atoms with Crippen LogP contribution in [-0.2, 0) is 24.2 Å². The van der Waals surface area contributed by atoms with Crippen molar-refractivity contribution >= 4 is 16.8 Å². The molecule has 7 heteroatoms. The third kappa shape index (κ3) is 2.91. The van der Waals surface area contributed by atoms with E-state index in [1.54, 1.807) is 0 Å². The fourth-order valence-electron chi connectivity index (χ4n) is 2.05. The fraction of sp³-hybridized carbons (Fsp3) is 0.286. The van der Waals surface area contributed by atoms with Gasteiger partial charge in [-0.15, -0.1) is 0 Å². The van der Waals surface area contributed by atoms with Crippen molar-refractivity contribution in [1.82, 2.24) is 25.7 Å². The molecule has 1 aromatic carbocycles. The number of aromatic amines is 1. The molecule has 0 aliphatic carbocycles. The van der Waals surface area contributed by atoms with Crippen LogP contribution < -0.4 is 5.32 Å². The minimum absolute atomic E-state index is 0.124. The van der Waals surface area contributed by atoms with Gasteiger partial charge in [0.05, 0.1) is 24.2 Å². The second-order valence-corrected chi connectivity index (χ2v) is 4.63. The second-order valence-electron chi connectivity index (χ2n) is 4.63. The quantitative estimate of drug-likeness (QED) is 0.738. The summed E-state index contributed by atoms with van der Waals surface area (Å²) in [5, 5.41) is 14.5. The maximum absolute atomic E-state index is 12.0. The highest BCUT2D eigenvalue weighted by molar-refractivity contribution is 5.87. The van der Waals surface area contributed by atoms with E-state index in [2.05, 4.69) is 25.7 Å². The molecule has 0 bridgehead atoms. The van der Waals surface area contributed by atoms with E-state index >= 15 is 0 Å². The zero-order valence-corrected chi connectivity index (χ0v) is 11.6. The van der Waals surface area contributed by atoms with E-state index in [9.17, 15) is 4.79 Å². The summed E-state index contributed by atoms with van der Waals surface area (Å²) in [4.78, 5) is 16.1. The van der Waals surface area contributed by atoms with E-state index in [1.165, 1.54) is 0 Å². The fourth-order valence-corrected chi connectivity index (χ4v) is 2.05. The number of nitrogens with zero attached hydrogens (tertiary/aromatic N) is 3. The van der Waals surface area contributed by atoms with E-state index in [4.69, 9.17) is 4.52 Å².